The minimum absolute atomic E-state index is 0.000278. The molecule has 0 saturated heterocycles. The number of carbonyl (C=O) groups is 3. The number of carbonyl (C=O) groups excluding carboxylic acids is 1. The summed E-state index contributed by atoms with van der Waals surface area (Å²) >= 11 is 0. The highest BCUT2D eigenvalue weighted by Crippen LogP contribution is 2.26. The van der Waals surface area contributed by atoms with E-state index in [1.165, 1.54) is 11.3 Å². The molecule has 6 nitrogen and oxygen atoms in total. The zero-order chi connectivity index (χ0) is 15.7. The molecule has 0 unspecified atom stereocenters. The molecule has 0 heterocycles. The highest BCUT2D eigenvalue weighted by molar-refractivity contribution is 5.77. The molecule has 0 aliphatic heterocycles. The molecule has 1 saturated carbocycles. The zero-order valence-electron chi connectivity index (χ0n) is 12.4. The molecule has 1 aliphatic carbocycles. The van der Waals surface area contributed by atoms with Gasteiger partial charge in [-0.2, -0.15) is 0 Å². The Bertz CT molecular complexity index is 363. The first-order chi connectivity index (χ1) is 9.99. The molecule has 2 N–H and O–H groups in total. The molecular formula is C15H25NO5. The van der Waals surface area contributed by atoms with E-state index in [9.17, 15) is 14.4 Å². The molecule has 6 heteroatoms. The average Bonchev–Trinajstić information content (AvgIpc) is 2.43. The van der Waals surface area contributed by atoms with Crippen LogP contribution in [0.3, 0.4) is 0 Å². The van der Waals surface area contributed by atoms with Gasteiger partial charge in [-0.05, 0) is 25.2 Å². The number of aliphatic carboxylic acids is 2. The van der Waals surface area contributed by atoms with Crippen molar-refractivity contribution in [1.82, 2.24) is 4.90 Å². The maximum absolute atomic E-state index is 12.3. The molecule has 0 spiro atoms. The maximum atomic E-state index is 12.3. The highest BCUT2D eigenvalue weighted by atomic mass is 16.4. The lowest BCUT2D eigenvalue weighted by molar-refractivity contribution is -0.140. The van der Waals surface area contributed by atoms with Gasteiger partial charge in [0.1, 0.15) is 0 Å². The minimum Gasteiger partial charge on any atom is -0.481 e. The van der Waals surface area contributed by atoms with Crippen molar-refractivity contribution in [3.05, 3.63) is 0 Å². The van der Waals surface area contributed by atoms with Gasteiger partial charge < -0.3 is 15.1 Å². The van der Waals surface area contributed by atoms with Crippen molar-refractivity contribution in [2.24, 2.45) is 5.92 Å². The predicted octanol–water partition coefficient (Wildman–Crippen LogP) is 2.12. The van der Waals surface area contributed by atoms with Crippen LogP contribution in [0.4, 0.5) is 0 Å². The Kier molecular flexibility index (Phi) is 7.79. The van der Waals surface area contributed by atoms with Gasteiger partial charge in [-0.25, -0.2) is 0 Å². The average molecular weight is 299 g/mol. The monoisotopic (exact) mass is 299 g/mol. The Morgan fingerprint density at radius 2 is 1.52 bits per heavy atom. The van der Waals surface area contributed by atoms with Crippen LogP contribution in [0.5, 0.6) is 0 Å². The van der Waals surface area contributed by atoms with Gasteiger partial charge in [0.25, 0.3) is 0 Å². The fraction of sp³-hybridized carbons (Fsp3) is 0.800. The molecule has 120 valence electrons. The summed E-state index contributed by atoms with van der Waals surface area (Å²) in [5.74, 6) is -1.47. The fourth-order valence-corrected chi connectivity index (χ4v) is 2.78. The van der Waals surface area contributed by atoms with Crippen LogP contribution < -0.4 is 0 Å². The zero-order valence-corrected chi connectivity index (χ0v) is 12.4. The summed E-state index contributed by atoms with van der Waals surface area (Å²) in [6, 6.07) is 0. The van der Waals surface area contributed by atoms with Crippen LogP contribution in [0.1, 0.15) is 57.8 Å². The van der Waals surface area contributed by atoms with Crippen molar-refractivity contribution >= 4 is 17.8 Å². The number of rotatable bonds is 9. The Morgan fingerprint density at radius 1 is 0.905 bits per heavy atom. The number of carboxylic acids is 2. The second-order valence-corrected chi connectivity index (χ2v) is 5.73. The number of amides is 1. The second-order valence-electron chi connectivity index (χ2n) is 5.73. The lowest BCUT2D eigenvalue weighted by Gasteiger charge is -2.26. The standard InChI is InChI=1S/C15H25NO5/c17-13(11-12-5-2-1-3-6-12)16(10-8-15(20)21)9-4-7-14(18)19/h12H,1-11H2,(H,18,19)(H,20,21). The molecule has 0 aromatic rings. The molecule has 1 rings (SSSR count). The summed E-state index contributed by atoms with van der Waals surface area (Å²) in [7, 11) is 0. The topological polar surface area (TPSA) is 94.9 Å². The third-order valence-corrected chi connectivity index (χ3v) is 3.96. The van der Waals surface area contributed by atoms with Crippen molar-refractivity contribution < 1.29 is 24.6 Å². The molecule has 1 amide bonds. The minimum atomic E-state index is -0.941. The number of hydrogen-bond acceptors (Lipinski definition) is 3. The third-order valence-electron chi connectivity index (χ3n) is 3.96. The Balaban J connectivity index is 2.45. The van der Waals surface area contributed by atoms with Crippen molar-refractivity contribution in [2.75, 3.05) is 13.1 Å². The molecule has 21 heavy (non-hydrogen) atoms. The SMILES string of the molecule is O=C(O)CCCN(CCC(=O)O)C(=O)CC1CCCCC1. The number of nitrogens with zero attached hydrogens (tertiary/aromatic N) is 1. The summed E-state index contributed by atoms with van der Waals surface area (Å²) in [5.41, 5.74) is 0. The van der Waals surface area contributed by atoms with E-state index >= 15 is 0 Å². The van der Waals surface area contributed by atoms with Gasteiger partial charge in [-0.1, -0.05) is 19.3 Å². The van der Waals surface area contributed by atoms with Crippen LogP contribution in [-0.4, -0.2) is 46.0 Å². The van der Waals surface area contributed by atoms with Gasteiger partial charge in [0, 0.05) is 25.9 Å². The third kappa shape index (κ3) is 7.68. The first-order valence-corrected chi connectivity index (χ1v) is 7.70. The smallest absolute Gasteiger partial charge is 0.305 e. The van der Waals surface area contributed by atoms with Gasteiger partial charge in [0.15, 0.2) is 0 Å². The summed E-state index contributed by atoms with van der Waals surface area (Å²) in [5, 5.41) is 17.4. The second kappa shape index (κ2) is 9.37. The molecule has 0 atom stereocenters. The van der Waals surface area contributed by atoms with Gasteiger partial charge >= 0.3 is 11.9 Å². The van der Waals surface area contributed by atoms with E-state index in [0.29, 0.717) is 25.3 Å². The fourth-order valence-electron chi connectivity index (χ4n) is 2.78. The largest absolute Gasteiger partial charge is 0.481 e. The van der Waals surface area contributed by atoms with E-state index in [2.05, 4.69) is 0 Å². The van der Waals surface area contributed by atoms with Crippen LogP contribution in [0.25, 0.3) is 0 Å². The van der Waals surface area contributed by atoms with Crippen LogP contribution in [-0.2, 0) is 14.4 Å². The Morgan fingerprint density at radius 3 is 2.10 bits per heavy atom. The normalized spacial score (nSPS) is 15.6. The highest BCUT2D eigenvalue weighted by Gasteiger charge is 2.21. The van der Waals surface area contributed by atoms with E-state index in [0.717, 1.165) is 25.7 Å². The number of carboxylic acid groups (broad SMARTS) is 2. The molecular weight excluding hydrogens is 274 g/mol. The summed E-state index contributed by atoms with van der Waals surface area (Å²) in [4.78, 5) is 35.0. The lowest BCUT2D eigenvalue weighted by Crippen LogP contribution is -2.35. The first kappa shape index (κ1) is 17.5. The number of hydrogen-bond donors (Lipinski definition) is 2. The first-order valence-electron chi connectivity index (χ1n) is 7.70. The van der Waals surface area contributed by atoms with Gasteiger partial charge in [0.2, 0.25) is 5.91 Å². The van der Waals surface area contributed by atoms with Crippen molar-refractivity contribution in [2.45, 2.75) is 57.8 Å². The van der Waals surface area contributed by atoms with E-state index in [1.54, 1.807) is 0 Å². The summed E-state index contributed by atoms with van der Waals surface area (Å²) < 4.78 is 0. The van der Waals surface area contributed by atoms with E-state index < -0.39 is 11.9 Å². The van der Waals surface area contributed by atoms with E-state index in [-0.39, 0.29) is 25.3 Å². The summed E-state index contributed by atoms with van der Waals surface area (Å²) in [6.07, 6.45) is 6.41. The van der Waals surface area contributed by atoms with Crippen LogP contribution in [0.15, 0.2) is 0 Å². The maximum Gasteiger partial charge on any atom is 0.305 e. The quantitative estimate of drug-likeness (QED) is 0.680. The van der Waals surface area contributed by atoms with E-state index in [1.807, 2.05) is 0 Å². The van der Waals surface area contributed by atoms with Crippen LogP contribution in [0, 0.1) is 5.92 Å². The van der Waals surface area contributed by atoms with Crippen molar-refractivity contribution in [1.29, 1.82) is 0 Å². The van der Waals surface area contributed by atoms with E-state index in [4.69, 9.17) is 10.2 Å². The summed E-state index contributed by atoms with van der Waals surface area (Å²) in [6.45, 7) is 0.492. The van der Waals surface area contributed by atoms with Gasteiger partial charge in [0.05, 0.1) is 6.42 Å². The van der Waals surface area contributed by atoms with Gasteiger partial charge in [-0.3, -0.25) is 14.4 Å². The van der Waals surface area contributed by atoms with Crippen molar-refractivity contribution in [3.8, 4) is 0 Å². The molecule has 0 bridgehead atoms. The lowest BCUT2D eigenvalue weighted by atomic mass is 9.86. The molecule has 1 aliphatic rings. The van der Waals surface area contributed by atoms with Gasteiger partial charge in [-0.15, -0.1) is 0 Å². The Hall–Kier alpha value is -1.59. The molecule has 0 radical (unpaired) electrons. The molecule has 0 aromatic carbocycles. The molecule has 0 aromatic heterocycles. The molecule has 1 fully saturated rings. The van der Waals surface area contributed by atoms with Crippen LogP contribution >= 0.6 is 0 Å². The van der Waals surface area contributed by atoms with Crippen molar-refractivity contribution in [3.63, 3.8) is 0 Å². The van der Waals surface area contributed by atoms with Crippen LogP contribution in [0.2, 0.25) is 0 Å². The predicted molar refractivity (Wildman–Crippen MR) is 76.9 cm³/mol. The Labute approximate surface area is 125 Å².